The number of hydrogen-bond acceptors (Lipinski definition) is 10. The van der Waals surface area contributed by atoms with Crippen molar-refractivity contribution in [3.63, 3.8) is 0 Å². The maximum Gasteiger partial charge on any atom is 0.355 e. The molecule has 2 heterocycles. The average molecular weight is 436 g/mol. The number of anilines is 1. The molecule has 0 saturated heterocycles. The number of ether oxygens (including phenoxy) is 2. The van der Waals surface area contributed by atoms with E-state index in [-0.39, 0.29) is 34.0 Å². The highest BCUT2D eigenvalue weighted by Gasteiger charge is 2.41. The number of hydrogen-bond donors (Lipinski definition) is 1. The fraction of sp³-hybridized carbons (Fsp3) is 0.150. The number of nitrogens with one attached hydrogen (secondary N) is 1. The van der Waals surface area contributed by atoms with Crippen molar-refractivity contribution in [2.45, 2.75) is 6.04 Å². The van der Waals surface area contributed by atoms with Crippen LogP contribution in [0.15, 0.2) is 59.8 Å². The average Bonchev–Trinajstić information content (AvgIpc) is 3.30. The Morgan fingerprint density at radius 2 is 1.84 bits per heavy atom. The van der Waals surface area contributed by atoms with E-state index in [4.69, 9.17) is 9.47 Å². The van der Waals surface area contributed by atoms with Crippen LogP contribution in [-0.2, 0) is 9.53 Å². The van der Waals surface area contributed by atoms with E-state index in [0.29, 0.717) is 5.75 Å². The van der Waals surface area contributed by atoms with Gasteiger partial charge in [-0.3, -0.25) is 14.9 Å². The van der Waals surface area contributed by atoms with E-state index in [0.717, 1.165) is 7.11 Å². The Morgan fingerprint density at radius 1 is 1.12 bits per heavy atom. The van der Waals surface area contributed by atoms with Crippen molar-refractivity contribution >= 4 is 23.4 Å². The van der Waals surface area contributed by atoms with E-state index in [1.54, 1.807) is 18.2 Å². The molecule has 0 amide bonds. The van der Waals surface area contributed by atoms with Crippen LogP contribution in [0.1, 0.15) is 22.0 Å². The van der Waals surface area contributed by atoms with Crippen molar-refractivity contribution in [1.82, 2.24) is 20.2 Å². The van der Waals surface area contributed by atoms with Crippen LogP contribution in [0.25, 0.3) is 0 Å². The minimum Gasteiger partial charge on any atom is -0.497 e. The van der Waals surface area contributed by atoms with Gasteiger partial charge in [-0.25, -0.2) is 4.79 Å². The predicted octanol–water partition coefficient (Wildman–Crippen LogP) is 1.91. The molecule has 4 rings (SSSR count). The van der Waals surface area contributed by atoms with Gasteiger partial charge in [0.15, 0.2) is 5.78 Å². The van der Waals surface area contributed by atoms with Crippen molar-refractivity contribution in [2.24, 2.45) is 0 Å². The summed E-state index contributed by atoms with van der Waals surface area (Å²) in [5.41, 5.74) is -0.213. The van der Waals surface area contributed by atoms with Gasteiger partial charge in [0, 0.05) is 11.6 Å². The second-order valence-electron chi connectivity index (χ2n) is 6.63. The van der Waals surface area contributed by atoms with E-state index in [1.165, 1.54) is 42.1 Å². The molecule has 0 saturated carbocycles. The number of rotatable bonds is 6. The first-order valence-corrected chi connectivity index (χ1v) is 9.25. The molecule has 1 N–H and O–H groups in total. The predicted molar refractivity (Wildman–Crippen MR) is 109 cm³/mol. The van der Waals surface area contributed by atoms with Crippen molar-refractivity contribution in [3.05, 3.63) is 81.0 Å². The van der Waals surface area contributed by atoms with Crippen LogP contribution in [0, 0.1) is 10.1 Å². The molecule has 3 aromatic rings. The van der Waals surface area contributed by atoms with Crippen LogP contribution < -0.4 is 10.1 Å². The third-order valence-electron chi connectivity index (χ3n) is 4.93. The summed E-state index contributed by atoms with van der Waals surface area (Å²) in [6.07, 6.45) is 0. The monoisotopic (exact) mass is 436 g/mol. The number of Topliss-reactive ketones (excluding diaryl/α,β-unsaturated/α-hetero) is 1. The molecule has 0 unspecified atom stereocenters. The van der Waals surface area contributed by atoms with E-state index in [9.17, 15) is 19.7 Å². The normalized spacial score (nSPS) is 14.9. The molecule has 0 fully saturated rings. The van der Waals surface area contributed by atoms with Crippen LogP contribution >= 0.6 is 0 Å². The zero-order valence-electron chi connectivity index (χ0n) is 16.9. The molecule has 0 bridgehead atoms. The number of carbonyl (C=O) groups excluding carboxylic acids is 2. The van der Waals surface area contributed by atoms with E-state index < -0.39 is 22.7 Å². The topological polar surface area (TPSA) is 151 Å². The summed E-state index contributed by atoms with van der Waals surface area (Å²) in [5, 5.41) is 25.7. The molecule has 12 nitrogen and oxygen atoms in total. The number of nitro benzene ring substituents is 1. The van der Waals surface area contributed by atoms with Gasteiger partial charge in [-0.1, -0.05) is 17.2 Å². The molecule has 0 radical (unpaired) electrons. The van der Waals surface area contributed by atoms with Gasteiger partial charge in [0.05, 0.1) is 30.3 Å². The maximum atomic E-state index is 13.6. The second-order valence-corrected chi connectivity index (χ2v) is 6.63. The number of tetrazole rings is 1. The molecule has 1 aliphatic rings. The quantitative estimate of drug-likeness (QED) is 0.262. The third-order valence-corrected chi connectivity index (χ3v) is 4.93. The largest absolute Gasteiger partial charge is 0.497 e. The zero-order valence-corrected chi connectivity index (χ0v) is 16.9. The lowest BCUT2D eigenvalue weighted by Gasteiger charge is -2.27. The van der Waals surface area contributed by atoms with Gasteiger partial charge in [0.25, 0.3) is 5.69 Å². The minimum absolute atomic E-state index is 0.0276. The fourth-order valence-corrected chi connectivity index (χ4v) is 3.46. The van der Waals surface area contributed by atoms with Gasteiger partial charge in [0.1, 0.15) is 17.5 Å². The number of methoxy groups -OCH3 is 2. The molecule has 162 valence electrons. The van der Waals surface area contributed by atoms with Gasteiger partial charge < -0.3 is 14.8 Å². The first kappa shape index (κ1) is 20.7. The van der Waals surface area contributed by atoms with Crippen molar-refractivity contribution in [2.75, 3.05) is 19.5 Å². The Kier molecular flexibility index (Phi) is 5.33. The van der Waals surface area contributed by atoms with Crippen LogP contribution in [-0.4, -0.2) is 51.1 Å². The number of fused-ring (bicyclic) bond motifs is 1. The Bertz CT molecular complexity index is 1250. The SMILES string of the molecule is COC(=O)C1=C(C(=O)c2ccc(OC)cc2)[C@@H](c2ccccc2[N+](=O)[O-])n2nnnc2N1. The van der Waals surface area contributed by atoms with E-state index in [2.05, 4.69) is 20.8 Å². The van der Waals surface area contributed by atoms with Crippen LogP contribution in [0.3, 0.4) is 0 Å². The summed E-state index contributed by atoms with van der Waals surface area (Å²) in [7, 11) is 2.65. The summed E-state index contributed by atoms with van der Waals surface area (Å²) in [5.74, 6) is -0.854. The van der Waals surface area contributed by atoms with Crippen molar-refractivity contribution in [3.8, 4) is 5.75 Å². The van der Waals surface area contributed by atoms with E-state index in [1.807, 2.05) is 0 Å². The number of nitro groups is 1. The molecule has 32 heavy (non-hydrogen) atoms. The van der Waals surface area contributed by atoms with Gasteiger partial charge in [-0.15, -0.1) is 0 Å². The first-order valence-electron chi connectivity index (χ1n) is 9.25. The Labute approximate surface area is 180 Å². The number of esters is 1. The molecule has 1 aromatic heterocycles. The molecule has 1 atom stereocenters. The Balaban J connectivity index is 1.98. The second kappa shape index (κ2) is 8.26. The maximum absolute atomic E-state index is 13.6. The Morgan fingerprint density at radius 3 is 2.50 bits per heavy atom. The van der Waals surface area contributed by atoms with Crippen LogP contribution in [0.2, 0.25) is 0 Å². The molecular weight excluding hydrogens is 420 g/mol. The molecule has 12 heteroatoms. The molecule has 0 spiro atoms. The number of nitrogens with zero attached hydrogens (tertiary/aromatic N) is 5. The van der Waals surface area contributed by atoms with Gasteiger partial charge >= 0.3 is 5.97 Å². The van der Waals surface area contributed by atoms with Crippen molar-refractivity contribution in [1.29, 1.82) is 0 Å². The number of benzene rings is 2. The molecule has 1 aliphatic heterocycles. The number of ketones is 1. The first-order chi connectivity index (χ1) is 15.5. The summed E-state index contributed by atoms with van der Waals surface area (Å²) in [6, 6.07) is 10.9. The summed E-state index contributed by atoms with van der Waals surface area (Å²) in [6.45, 7) is 0. The summed E-state index contributed by atoms with van der Waals surface area (Å²) >= 11 is 0. The smallest absolute Gasteiger partial charge is 0.355 e. The molecule has 2 aromatic carbocycles. The number of para-hydroxylation sites is 1. The summed E-state index contributed by atoms with van der Waals surface area (Å²) in [4.78, 5) is 37.4. The summed E-state index contributed by atoms with van der Waals surface area (Å²) < 4.78 is 11.2. The number of aromatic nitrogens is 4. The van der Waals surface area contributed by atoms with Gasteiger partial charge in [0.2, 0.25) is 5.95 Å². The van der Waals surface area contributed by atoms with E-state index >= 15 is 0 Å². The van der Waals surface area contributed by atoms with Crippen LogP contribution in [0.5, 0.6) is 5.75 Å². The lowest BCUT2D eigenvalue weighted by atomic mass is 9.88. The number of allylic oxidation sites excluding steroid dienone is 1. The molecular formula is C20H16N6O6. The van der Waals surface area contributed by atoms with Gasteiger partial charge in [-0.05, 0) is 40.8 Å². The standard InChI is InChI=1S/C20H16N6O6/c1-31-12-9-7-11(8-10-12)18(27)15-16(19(28)32-2)21-20-22-23-24-25(20)17(15)13-5-3-4-6-14(13)26(29)30/h3-10,17H,1-2H3,(H,21,22,24)/t17-/m1/s1. The fourth-order valence-electron chi connectivity index (χ4n) is 3.46. The number of carbonyl (C=O) groups is 2. The van der Waals surface area contributed by atoms with Crippen LogP contribution in [0.4, 0.5) is 11.6 Å². The van der Waals surface area contributed by atoms with Gasteiger partial charge in [-0.2, -0.15) is 4.68 Å². The highest BCUT2D eigenvalue weighted by atomic mass is 16.6. The minimum atomic E-state index is -1.16. The highest BCUT2D eigenvalue weighted by Crippen LogP contribution is 2.40. The van der Waals surface area contributed by atoms with Crippen molar-refractivity contribution < 1.29 is 24.0 Å². The zero-order chi connectivity index (χ0) is 22.8. The third kappa shape index (κ3) is 3.43. The molecule has 0 aliphatic carbocycles. The lowest BCUT2D eigenvalue weighted by Crippen LogP contribution is -2.33. The lowest BCUT2D eigenvalue weighted by molar-refractivity contribution is -0.385. The Hall–Kier alpha value is -4.61. The highest BCUT2D eigenvalue weighted by molar-refractivity contribution is 6.15.